The maximum absolute atomic E-state index is 12.2. The Bertz CT molecular complexity index is 531. The molecule has 20 heavy (non-hydrogen) atoms. The van der Waals surface area contributed by atoms with Crippen LogP contribution in [0.4, 0.5) is 0 Å². The topological polar surface area (TPSA) is 29.5 Å². The van der Waals surface area contributed by atoms with Crippen LogP contribution in [0, 0.1) is 12.0 Å². The fourth-order valence-corrected chi connectivity index (χ4v) is 2.72. The van der Waals surface area contributed by atoms with E-state index in [-0.39, 0.29) is 44.5 Å². The minimum Gasteiger partial charge on any atom is -0.497 e. The van der Waals surface area contributed by atoms with E-state index in [1.165, 1.54) is 0 Å². The molecule has 1 aromatic rings. The van der Waals surface area contributed by atoms with Crippen molar-refractivity contribution in [2.75, 3.05) is 13.7 Å². The summed E-state index contributed by atoms with van der Waals surface area (Å²) in [7, 11) is 1.64. The van der Waals surface area contributed by atoms with Gasteiger partial charge in [0.2, 0.25) is 5.91 Å². The zero-order valence-corrected chi connectivity index (χ0v) is 16.4. The van der Waals surface area contributed by atoms with Crippen molar-refractivity contribution in [3.8, 4) is 5.75 Å². The van der Waals surface area contributed by atoms with Crippen molar-refractivity contribution in [2.45, 2.75) is 20.3 Å². The molecule has 0 bridgehead atoms. The number of methoxy groups -OCH3 is 1. The molecule has 1 heterocycles. The molecule has 1 atom stereocenters. The minimum absolute atomic E-state index is 0. The summed E-state index contributed by atoms with van der Waals surface area (Å²) in [5.74, 6) is 0.967. The summed E-state index contributed by atoms with van der Waals surface area (Å²) in [5, 5.41) is 0. The summed E-state index contributed by atoms with van der Waals surface area (Å²) in [6, 6.07) is 5.75. The van der Waals surface area contributed by atoms with Gasteiger partial charge in [0.25, 0.3) is 0 Å². The van der Waals surface area contributed by atoms with Gasteiger partial charge >= 0.3 is 0 Å². The van der Waals surface area contributed by atoms with Crippen molar-refractivity contribution in [1.29, 1.82) is 0 Å². The van der Waals surface area contributed by atoms with Crippen molar-refractivity contribution in [3.05, 3.63) is 34.3 Å². The molecule has 1 amide bonds. The smallest absolute Gasteiger partial charge is 0.225 e. The second-order valence-corrected chi connectivity index (χ2v) is 5.41. The number of ether oxygens (including phenoxy) is 1. The van der Waals surface area contributed by atoms with Crippen molar-refractivity contribution in [2.24, 2.45) is 5.92 Å². The van der Waals surface area contributed by atoms with Gasteiger partial charge in [0.05, 0.1) is 7.11 Å². The number of amides is 1. The Labute approximate surface area is 153 Å². The van der Waals surface area contributed by atoms with Crippen molar-refractivity contribution < 1.29 is 42.2 Å². The molecule has 0 aliphatic carbocycles. The van der Waals surface area contributed by atoms with Crippen molar-refractivity contribution in [3.63, 3.8) is 0 Å². The van der Waals surface area contributed by atoms with Crippen LogP contribution in [-0.4, -0.2) is 24.5 Å². The van der Waals surface area contributed by atoms with Crippen LogP contribution in [0.3, 0.4) is 0 Å². The molecule has 0 spiro atoms. The summed E-state index contributed by atoms with van der Waals surface area (Å²) < 4.78 is 6.10. The fourth-order valence-electron chi connectivity index (χ4n) is 2.18. The average molecular weight is 412 g/mol. The molecule has 0 aromatic heterocycles. The largest absolute Gasteiger partial charge is 0.497 e. The molecule has 1 aliphatic heterocycles. The van der Waals surface area contributed by atoms with E-state index in [4.69, 9.17) is 4.74 Å². The molecular weight excluding hydrogens is 395 g/mol. The van der Waals surface area contributed by atoms with E-state index in [1.54, 1.807) is 12.0 Å². The van der Waals surface area contributed by atoms with Gasteiger partial charge in [-0.1, -0.05) is 33.7 Å². The van der Waals surface area contributed by atoms with E-state index in [2.05, 4.69) is 22.0 Å². The molecule has 0 N–H and O–H groups in total. The summed E-state index contributed by atoms with van der Waals surface area (Å²) in [6.45, 7) is 4.58. The third-order valence-corrected chi connectivity index (χ3v) is 3.94. The molecule has 3 nitrogen and oxygen atoms in total. The Morgan fingerprint density at radius 3 is 2.75 bits per heavy atom. The van der Waals surface area contributed by atoms with Crippen LogP contribution in [0.2, 0.25) is 0 Å². The first-order valence-electron chi connectivity index (χ1n) is 6.34. The number of carbonyl (C=O) groups is 1. The van der Waals surface area contributed by atoms with Gasteiger partial charge in [-0.05, 0) is 19.1 Å². The number of hydrogen-bond acceptors (Lipinski definition) is 2. The molecule has 1 radical (unpaired) electrons. The summed E-state index contributed by atoms with van der Waals surface area (Å²) in [4.78, 5) is 14.0. The molecule has 1 aliphatic rings. The van der Waals surface area contributed by atoms with Crippen LogP contribution < -0.4 is 4.74 Å². The van der Waals surface area contributed by atoms with E-state index in [1.807, 2.05) is 32.0 Å². The van der Waals surface area contributed by atoms with Gasteiger partial charge in [0.15, 0.2) is 0 Å². The molecular formula is C15H17BrNO2Y-. The molecule has 0 saturated heterocycles. The number of allylic oxidation sites excluding steroid dienone is 1. The van der Waals surface area contributed by atoms with E-state index in [0.29, 0.717) is 13.0 Å². The van der Waals surface area contributed by atoms with Crippen LogP contribution in [0.15, 0.2) is 22.7 Å². The van der Waals surface area contributed by atoms with Gasteiger partial charge in [-0.15, -0.1) is 17.3 Å². The first-order chi connectivity index (χ1) is 9.08. The van der Waals surface area contributed by atoms with Gasteiger partial charge in [-0.3, -0.25) is 4.79 Å². The summed E-state index contributed by atoms with van der Waals surface area (Å²) in [5.41, 5.74) is 1.84. The van der Waals surface area contributed by atoms with Gasteiger partial charge in [-0.25, -0.2) is 6.08 Å². The van der Waals surface area contributed by atoms with Crippen molar-refractivity contribution >= 4 is 27.5 Å². The monoisotopic (exact) mass is 411 g/mol. The number of hydrogen-bond donors (Lipinski definition) is 0. The van der Waals surface area contributed by atoms with Gasteiger partial charge in [0, 0.05) is 45.2 Å². The molecule has 5 heteroatoms. The summed E-state index contributed by atoms with van der Waals surface area (Å²) >= 11 is 3.54. The molecule has 2 rings (SSSR count). The van der Waals surface area contributed by atoms with E-state index < -0.39 is 0 Å². The minimum atomic E-state index is 0. The van der Waals surface area contributed by atoms with Gasteiger partial charge in [0.1, 0.15) is 5.75 Å². The third-order valence-electron chi connectivity index (χ3n) is 3.28. The predicted molar refractivity (Wildman–Crippen MR) is 78.5 cm³/mol. The number of benzene rings is 1. The van der Waals surface area contributed by atoms with Crippen LogP contribution in [-0.2, 0) is 37.5 Å². The maximum Gasteiger partial charge on any atom is 0.225 e. The number of carbonyl (C=O) groups excluding carboxylic acids is 1. The molecule has 105 valence electrons. The average Bonchev–Trinajstić information content (AvgIpc) is 2.42. The standard InChI is InChI=1S/C15H17BrNO2.Y/c1-4-17-14(8-5-10(2)15(17)18)12-7-6-11(19-3)9-13(12)16;/h6-7,9-10H,4-5H2,1-3H3;/q-1;. The van der Waals surface area contributed by atoms with E-state index >= 15 is 0 Å². The first-order valence-corrected chi connectivity index (χ1v) is 7.13. The maximum atomic E-state index is 12.2. The van der Waals surface area contributed by atoms with Gasteiger partial charge in [-0.2, -0.15) is 0 Å². The van der Waals surface area contributed by atoms with Crippen LogP contribution in [0.5, 0.6) is 5.75 Å². The van der Waals surface area contributed by atoms with Crippen LogP contribution in [0.1, 0.15) is 25.8 Å². The van der Waals surface area contributed by atoms with E-state index in [0.717, 1.165) is 21.5 Å². The Kier molecular flexibility index (Phi) is 6.89. The molecule has 0 fully saturated rings. The Morgan fingerprint density at radius 1 is 1.50 bits per heavy atom. The van der Waals surface area contributed by atoms with Crippen molar-refractivity contribution in [1.82, 2.24) is 4.90 Å². The molecule has 1 unspecified atom stereocenters. The predicted octanol–water partition coefficient (Wildman–Crippen LogP) is 3.49. The first kappa shape index (κ1) is 17.9. The Balaban J connectivity index is 0.00000200. The van der Waals surface area contributed by atoms with Gasteiger partial charge < -0.3 is 9.64 Å². The SMILES string of the molecule is CCN1C(=O)C(C)C[C-]=C1c1ccc(OC)cc1Br.[Y]. The third kappa shape index (κ3) is 3.52. The molecule has 0 saturated carbocycles. The number of rotatable bonds is 3. The van der Waals surface area contributed by atoms with E-state index in [9.17, 15) is 4.79 Å². The van der Waals surface area contributed by atoms with Crippen LogP contribution >= 0.6 is 15.9 Å². The second-order valence-electron chi connectivity index (χ2n) is 4.56. The normalized spacial score (nSPS) is 18.4. The van der Waals surface area contributed by atoms with Crippen LogP contribution in [0.25, 0.3) is 5.70 Å². The number of nitrogens with zero attached hydrogens (tertiary/aromatic N) is 1. The fraction of sp³-hybridized carbons (Fsp3) is 0.400. The quantitative estimate of drug-likeness (QED) is 0.712. The Hall–Kier alpha value is -0.186. The zero-order chi connectivity index (χ0) is 14.0. The Morgan fingerprint density at radius 2 is 2.20 bits per heavy atom. The summed E-state index contributed by atoms with van der Waals surface area (Å²) in [6.07, 6.45) is 4.02. The number of halogens is 1. The molecule has 1 aromatic carbocycles. The second kappa shape index (κ2) is 7.72. The zero-order valence-electron chi connectivity index (χ0n) is 11.9.